The smallest absolute Gasteiger partial charge is 0.219 e. The van der Waals surface area contributed by atoms with Crippen molar-refractivity contribution >= 4 is 23.9 Å². The van der Waals surface area contributed by atoms with E-state index < -0.39 is 0 Å². The largest absolute Gasteiger partial charge is 0.391 e. The number of nitrogens with zero attached hydrogens (tertiary/aromatic N) is 1. The number of carbonyl (C=O) groups excluding carboxylic acids is 1. The molecule has 0 atom stereocenters. The Hall–Kier alpha value is -2.48. The highest BCUT2D eigenvalue weighted by Gasteiger charge is 2.15. The first-order chi connectivity index (χ1) is 10.4. The highest BCUT2D eigenvalue weighted by atomic mass is 16.2. The Labute approximate surface area is 132 Å². The molecule has 0 N–H and O–H groups in total. The summed E-state index contributed by atoms with van der Waals surface area (Å²) in [7, 11) is 0. The third-order valence-corrected chi connectivity index (χ3v) is 3.85. The predicted octanol–water partition coefficient (Wildman–Crippen LogP) is 4.65. The number of amides is 1. The zero-order chi connectivity index (χ0) is 16.3. The van der Waals surface area contributed by atoms with Crippen LogP contribution in [0.3, 0.4) is 0 Å². The van der Waals surface area contributed by atoms with Crippen molar-refractivity contribution in [2.75, 3.05) is 0 Å². The predicted molar refractivity (Wildman–Crippen MR) is 92.8 cm³/mol. The molecule has 0 spiro atoms. The van der Waals surface area contributed by atoms with Gasteiger partial charge >= 0.3 is 5.91 Å². The van der Waals surface area contributed by atoms with Gasteiger partial charge < -0.3 is 0 Å². The Balaban J connectivity index is 2.31. The molecule has 0 fully saturated rings. The van der Waals surface area contributed by atoms with E-state index in [1.54, 1.807) is 0 Å². The van der Waals surface area contributed by atoms with Gasteiger partial charge in [0.2, 0.25) is 5.69 Å². The maximum Gasteiger partial charge on any atom is 0.391 e. The second kappa shape index (κ2) is 6.52. The molecular weight excluding hydrogens is 270 g/mol. The Bertz CT molecular complexity index is 739. The van der Waals surface area contributed by atoms with E-state index >= 15 is 0 Å². The molecule has 0 saturated heterocycles. The Morgan fingerprint density at radius 2 is 1.73 bits per heavy atom. The highest BCUT2D eigenvalue weighted by Crippen LogP contribution is 2.26. The lowest BCUT2D eigenvalue weighted by Crippen LogP contribution is -2.12. The fraction of sp³-hybridized carbons (Fsp3) is 0.200. The van der Waals surface area contributed by atoms with Crippen molar-refractivity contribution < 1.29 is 9.37 Å². The van der Waals surface area contributed by atoms with Gasteiger partial charge in [0.05, 0.1) is 6.42 Å². The van der Waals surface area contributed by atoms with Gasteiger partial charge in [0.1, 0.15) is 6.72 Å². The van der Waals surface area contributed by atoms with Gasteiger partial charge in [-0.1, -0.05) is 37.3 Å². The molecule has 2 nitrogen and oxygen atoms in total. The van der Waals surface area contributed by atoms with Crippen LogP contribution in [0.1, 0.15) is 35.6 Å². The van der Waals surface area contributed by atoms with Crippen LogP contribution >= 0.6 is 0 Å². The summed E-state index contributed by atoms with van der Waals surface area (Å²) in [5.74, 6) is 0.00102. The maximum atomic E-state index is 11.7. The summed E-state index contributed by atoms with van der Waals surface area (Å²) < 4.78 is 1.43. The molecule has 2 aromatic rings. The second-order valence-corrected chi connectivity index (χ2v) is 5.52. The quantitative estimate of drug-likeness (QED) is 0.593. The minimum absolute atomic E-state index is 0.00102. The normalized spacial score (nSPS) is 10.3. The molecular formula is C20H22NO+. The minimum Gasteiger partial charge on any atom is -0.219 e. The van der Waals surface area contributed by atoms with Gasteiger partial charge in [-0.2, -0.15) is 0 Å². The molecule has 22 heavy (non-hydrogen) atoms. The van der Waals surface area contributed by atoms with Crippen LogP contribution < -0.4 is 0 Å². The van der Waals surface area contributed by atoms with Crippen molar-refractivity contribution in [1.82, 2.24) is 0 Å². The summed E-state index contributed by atoms with van der Waals surface area (Å²) in [4.78, 5) is 11.7. The lowest BCUT2D eigenvalue weighted by atomic mass is 9.94. The van der Waals surface area contributed by atoms with Crippen LogP contribution in [-0.4, -0.2) is 17.2 Å². The summed E-state index contributed by atoms with van der Waals surface area (Å²) in [5.41, 5.74) is 6.42. The first-order valence-corrected chi connectivity index (χ1v) is 7.44. The van der Waals surface area contributed by atoms with Gasteiger partial charge in [-0.3, -0.25) is 0 Å². The third kappa shape index (κ3) is 3.22. The molecule has 0 heterocycles. The van der Waals surface area contributed by atoms with Crippen LogP contribution in [-0.2, 0) is 4.79 Å². The standard InChI is InChI=1S/C20H22NO/c1-6-20(22)21(5)18-11-9-17(10-12-18)16(4)19-13-14(2)7-8-15(19)3/h7-13H,4-6H2,1-3H3/q+1. The first kappa shape index (κ1) is 15.9. The molecule has 0 bridgehead atoms. The van der Waals surface area contributed by atoms with Crippen LogP contribution in [0.15, 0.2) is 49.0 Å². The van der Waals surface area contributed by atoms with Crippen molar-refractivity contribution in [3.05, 3.63) is 71.3 Å². The molecule has 1 amide bonds. The average molecular weight is 292 g/mol. The lowest BCUT2D eigenvalue weighted by Gasteiger charge is -2.11. The molecule has 0 saturated carbocycles. The van der Waals surface area contributed by atoms with Crippen LogP contribution in [0.2, 0.25) is 0 Å². The maximum absolute atomic E-state index is 11.7. The number of carbonyl (C=O) groups is 1. The van der Waals surface area contributed by atoms with Gasteiger partial charge in [0.25, 0.3) is 0 Å². The van der Waals surface area contributed by atoms with E-state index in [1.807, 2.05) is 31.2 Å². The molecule has 0 aliphatic heterocycles. The second-order valence-electron chi connectivity index (χ2n) is 5.52. The number of rotatable bonds is 4. The van der Waals surface area contributed by atoms with Crippen molar-refractivity contribution in [3.8, 4) is 0 Å². The van der Waals surface area contributed by atoms with Gasteiger partial charge in [-0.15, -0.1) is 4.58 Å². The van der Waals surface area contributed by atoms with E-state index in [2.05, 4.69) is 45.3 Å². The molecule has 2 heteroatoms. The van der Waals surface area contributed by atoms with Gasteiger partial charge in [-0.05, 0) is 48.2 Å². The van der Waals surface area contributed by atoms with Crippen molar-refractivity contribution in [1.29, 1.82) is 0 Å². The van der Waals surface area contributed by atoms with Crippen LogP contribution in [0, 0.1) is 13.8 Å². The summed E-state index contributed by atoms with van der Waals surface area (Å²) >= 11 is 0. The van der Waals surface area contributed by atoms with Crippen molar-refractivity contribution in [3.63, 3.8) is 0 Å². The zero-order valence-electron chi connectivity index (χ0n) is 13.5. The fourth-order valence-electron chi connectivity index (χ4n) is 2.39. The molecule has 0 aromatic heterocycles. The molecule has 2 aromatic carbocycles. The van der Waals surface area contributed by atoms with Gasteiger partial charge in [0, 0.05) is 12.1 Å². The summed E-state index contributed by atoms with van der Waals surface area (Å²) in [6, 6.07) is 14.2. The van der Waals surface area contributed by atoms with Gasteiger partial charge in [0.15, 0.2) is 0 Å². The minimum atomic E-state index is 0.00102. The molecule has 112 valence electrons. The third-order valence-electron chi connectivity index (χ3n) is 3.85. The monoisotopic (exact) mass is 292 g/mol. The molecule has 0 aliphatic carbocycles. The fourth-order valence-corrected chi connectivity index (χ4v) is 2.39. The van der Waals surface area contributed by atoms with Crippen LogP contribution in [0.4, 0.5) is 5.69 Å². The van der Waals surface area contributed by atoms with E-state index in [9.17, 15) is 4.79 Å². The zero-order valence-corrected chi connectivity index (χ0v) is 13.5. The van der Waals surface area contributed by atoms with E-state index in [0.717, 1.165) is 22.4 Å². The van der Waals surface area contributed by atoms with E-state index in [1.165, 1.54) is 15.7 Å². The molecule has 2 rings (SSSR count). The summed E-state index contributed by atoms with van der Waals surface area (Å²) in [6.07, 6.45) is 0.445. The molecule has 0 radical (unpaired) electrons. The topological polar surface area (TPSA) is 20.1 Å². The van der Waals surface area contributed by atoms with Crippen molar-refractivity contribution in [2.45, 2.75) is 27.2 Å². The van der Waals surface area contributed by atoms with E-state index in [-0.39, 0.29) is 5.91 Å². The Morgan fingerprint density at radius 1 is 1.09 bits per heavy atom. The number of benzene rings is 2. The summed E-state index contributed by atoms with van der Waals surface area (Å²) in [5, 5.41) is 0. The molecule has 0 unspecified atom stereocenters. The number of aryl methyl sites for hydroxylation is 2. The van der Waals surface area contributed by atoms with Gasteiger partial charge in [-0.25, -0.2) is 4.79 Å². The van der Waals surface area contributed by atoms with Crippen LogP contribution in [0.5, 0.6) is 0 Å². The van der Waals surface area contributed by atoms with E-state index in [4.69, 9.17) is 0 Å². The lowest BCUT2D eigenvalue weighted by molar-refractivity contribution is -0.358. The number of hydrogen-bond acceptors (Lipinski definition) is 1. The first-order valence-electron chi connectivity index (χ1n) is 7.44. The SMILES string of the molecule is C=C(c1ccc([N+](=C)C(=O)CC)cc1)c1cc(C)ccc1C. The Kier molecular flexibility index (Phi) is 4.71. The summed E-state index contributed by atoms with van der Waals surface area (Å²) in [6.45, 7) is 14.0. The van der Waals surface area contributed by atoms with Crippen LogP contribution in [0.25, 0.3) is 5.57 Å². The van der Waals surface area contributed by atoms with Crippen molar-refractivity contribution in [2.24, 2.45) is 0 Å². The number of hydrogen-bond donors (Lipinski definition) is 0. The van der Waals surface area contributed by atoms with E-state index in [0.29, 0.717) is 6.42 Å². The average Bonchev–Trinajstić information content (AvgIpc) is 2.55. The molecule has 0 aliphatic rings. The highest BCUT2D eigenvalue weighted by molar-refractivity contribution is 5.80. The Morgan fingerprint density at radius 3 is 2.32 bits per heavy atom.